The molecular weight excluding hydrogens is 402 g/mol. The highest BCUT2D eigenvalue weighted by atomic mass is 32.2. The average Bonchev–Trinajstić information content (AvgIpc) is 3.16. The highest BCUT2D eigenvalue weighted by Gasteiger charge is 2.25. The fourth-order valence-corrected chi connectivity index (χ4v) is 4.62. The normalized spacial score (nSPS) is 15.5. The second-order valence-electron chi connectivity index (χ2n) is 7.68. The molecule has 0 bridgehead atoms. The summed E-state index contributed by atoms with van der Waals surface area (Å²) in [5, 5.41) is 6.29. The van der Waals surface area contributed by atoms with Gasteiger partial charge in [-0.15, -0.1) is 0 Å². The van der Waals surface area contributed by atoms with Crippen molar-refractivity contribution in [2.75, 3.05) is 20.2 Å². The second-order valence-corrected chi connectivity index (χ2v) is 9.24. The van der Waals surface area contributed by atoms with Gasteiger partial charge in [0.2, 0.25) is 15.9 Å². The molecular formula is C22H25N3O4S. The van der Waals surface area contributed by atoms with Gasteiger partial charge >= 0.3 is 0 Å². The van der Waals surface area contributed by atoms with Gasteiger partial charge in [-0.2, -0.15) is 0 Å². The van der Waals surface area contributed by atoms with Crippen molar-refractivity contribution in [2.24, 2.45) is 5.14 Å². The molecule has 1 amide bonds. The number of hydrogen-bond donors (Lipinski definition) is 2. The summed E-state index contributed by atoms with van der Waals surface area (Å²) in [7, 11) is -2.06. The molecule has 1 saturated heterocycles. The third-order valence-corrected chi connectivity index (χ3v) is 6.74. The maximum atomic E-state index is 12.7. The van der Waals surface area contributed by atoms with Crippen LogP contribution in [0.3, 0.4) is 0 Å². The molecule has 2 aromatic carbocycles. The number of fused-ring (bicyclic) bond motifs is 1. The Bertz CT molecular complexity index is 1160. The lowest BCUT2D eigenvalue weighted by atomic mass is 9.89. The van der Waals surface area contributed by atoms with E-state index in [9.17, 15) is 13.2 Å². The Kier molecular flexibility index (Phi) is 5.53. The second kappa shape index (κ2) is 8.12. The van der Waals surface area contributed by atoms with E-state index < -0.39 is 10.0 Å². The van der Waals surface area contributed by atoms with Crippen molar-refractivity contribution in [3.05, 3.63) is 59.8 Å². The number of nitrogens with two attached hydrogens (primary N) is 1. The summed E-state index contributed by atoms with van der Waals surface area (Å²) in [6.07, 6.45) is 4.12. The Morgan fingerprint density at radius 2 is 1.87 bits per heavy atom. The van der Waals surface area contributed by atoms with Crippen LogP contribution >= 0.6 is 0 Å². The van der Waals surface area contributed by atoms with E-state index in [2.05, 4.69) is 17.2 Å². The number of aromatic nitrogens is 1. The van der Waals surface area contributed by atoms with Gasteiger partial charge in [0.1, 0.15) is 5.75 Å². The first kappa shape index (κ1) is 20.4. The molecule has 0 saturated carbocycles. The van der Waals surface area contributed by atoms with Crippen molar-refractivity contribution < 1.29 is 17.9 Å². The van der Waals surface area contributed by atoms with Gasteiger partial charge in [-0.1, -0.05) is 12.1 Å². The van der Waals surface area contributed by atoms with E-state index in [-0.39, 0.29) is 17.2 Å². The van der Waals surface area contributed by atoms with E-state index in [4.69, 9.17) is 9.88 Å². The number of carbonyl (C=O) groups excluding carboxylic acids is 1. The van der Waals surface area contributed by atoms with Crippen molar-refractivity contribution >= 4 is 26.8 Å². The van der Waals surface area contributed by atoms with Crippen molar-refractivity contribution in [3.8, 4) is 5.75 Å². The Balaban J connectivity index is 1.39. The number of hydrogen-bond acceptors (Lipinski definition) is 4. The molecule has 1 fully saturated rings. The van der Waals surface area contributed by atoms with Crippen LogP contribution < -0.4 is 9.88 Å². The molecule has 0 spiro atoms. The van der Waals surface area contributed by atoms with Crippen molar-refractivity contribution in [3.63, 3.8) is 0 Å². The molecule has 0 aliphatic carbocycles. The minimum absolute atomic E-state index is 0.0508. The molecule has 0 radical (unpaired) electrons. The Morgan fingerprint density at radius 1 is 1.17 bits per heavy atom. The lowest BCUT2D eigenvalue weighted by Gasteiger charge is -2.32. The number of rotatable bonds is 5. The maximum Gasteiger partial charge on any atom is 0.238 e. The van der Waals surface area contributed by atoms with Gasteiger partial charge < -0.3 is 14.6 Å². The summed E-state index contributed by atoms with van der Waals surface area (Å²) in [5.41, 5.74) is 3.14. The van der Waals surface area contributed by atoms with Gasteiger partial charge in [0.15, 0.2) is 0 Å². The molecule has 30 heavy (non-hydrogen) atoms. The zero-order chi connectivity index (χ0) is 21.3. The summed E-state index contributed by atoms with van der Waals surface area (Å²) in [6, 6.07) is 12.2. The number of nitrogens with one attached hydrogen (secondary N) is 1. The third-order valence-electron chi connectivity index (χ3n) is 5.82. The monoisotopic (exact) mass is 427 g/mol. The van der Waals surface area contributed by atoms with Crippen LogP contribution in [-0.4, -0.2) is 44.4 Å². The van der Waals surface area contributed by atoms with E-state index in [1.54, 1.807) is 19.2 Å². The van der Waals surface area contributed by atoms with Crippen LogP contribution in [-0.2, 0) is 21.2 Å². The van der Waals surface area contributed by atoms with Crippen LogP contribution in [0.5, 0.6) is 5.75 Å². The van der Waals surface area contributed by atoms with Crippen molar-refractivity contribution in [1.29, 1.82) is 0 Å². The minimum Gasteiger partial charge on any atom is -0.497 e. The first-order chi connectivity index (χ1) is 14.3. The molecule has 0 unspecified atom stereocenters. The number of ether oxygens (including phenoxy) is 1. The van der Waals surface area contributed by atoms with Gasteiger partial charge in [0.05, 0.1) is 18.4 Å². The van der Waals surface area contributed by atoms with Crippen LogP contribution in [0.4, 0.5) is 0 Å². The minimum atomic E-state index is -3.72. The number of amides is 1. The van der Waals surface area contributed by atoms with Gasteiger partial charge in [-0.3, -0.25) is 4.79 Å². The highest BCUT2D eigenvalue weighted by molar-refractivity contribution is 7.89. The van der Waals surface area contributed by atoms with E-state index in [0.717, 1.165) is 29.7 Å². The lowest BCUT2D eigenvalue weighted by molar-refractivity contribution is -0.131. The largest absolute Gasteiger partial charge is 0.497 e. The summed E-state index contributed by atoms with van der Waals surface area (Å²) in [6.45, 7) is 1.41. The molecule has 4 rings (SSSR count). The van der Waals surface area contributed by atoms with E-state index in [0.29, 0.717) is 19.0 Å². The first-order valence-electron chi connectivity index (χ1n) is 9.89. The lowest BCUT2D eigenvalue weighted by Crippen LogP contribution is -2.38. The summed E-state index contributed by atoms with van der Waals surface area (Å²) >= 11 is 0. The topological polar surface area (TPSA) is 105 Å². The Hall–Kier alpha value is -2.84. The number of carbonyl (C=O) groups is 1. The van der Waals surface area contributed by atoms with E-state index in [1.807, 2.05) is 17.0 Å². The SMILES string of the molecule is COc1ccc2[nH]cc(C3CCN(C(=O)Cc4ccc(S(N)(=O)=O)cc4)CC3)c2c1. The molecule has 2 heterocycles. The number of methoxy groups -OCH3 is 1. The Morgan fingerprint density at radius 3 is 2.50 bits per heavy atom. The van der Waals surface area contributed by atoms with Crippen molar-refractivity contribution in [1.82, 2.24) is 9.88 Å². The number of nitrogens with zero attached hydrogens (tertiary/aromatic N) is 1. The Labute approximate surface area is 175 Å². The standard InChI is InChI=1S/C22H25N3O4S/c1-29-17-4-7-21-19(13-17)20(14-24-21)16-8-10-25(11-9-16)22(26)12-15-2-5-18(6-3-15)30(23,27)28/h2-7,13-14,16,24H,8-12H2,1H3,(H2,23,27,28). The number of benzene rings is 2. The molecule has 0 atom stereocenters. The third kappa shape index (κ3) is 4.20. The van der Waals surface area contributed by atoms with Crippen LogP contribution in [0.15, 0.2) is 53.6 Å². The average molecular weight is 428 g/mol. The smallest absolute Gasteiger partial charge is 0.238 e. The number of H-pyrrole nitrogens is 1. The van der Waals surface area contributed by atoms with Crippen LogP contribution in [0, 0.1) is 0 Å². The van der Waals surface area contributed by atoms with Gasteiger partial charge in [-0.25, -0.2) is 13.6 Å². The molecule has 3 aromatic rings. The van der Waals surface area contributed by atoms with Crippen LogP contribution in [0.25, 0.3) is 10.9 Å². The first-order valence-corrected chi connectivity index (χ1v) is 11.4. The maximum absolute atomic E-state index is 12.7. The zero-order valence-corrected chi connectivity index (χ0v) is 17.6. The summed E-state index contributed by atoms with van der Waals surface area (Å²) in [4.78, 5) is 18.0. The number of aromatic amines is 1. The number of piperidine rings is 1. The molecule has 1 aliphatic heterocycles. The predicted molar refractivity (Wildman–Crippen MR) is 115 cm³/mol. The fraction of sp³-hybridized carbons (Fsp3) is 0.318. The van der Waals surface area contributed by atoms with Gasteiger partial charge in [0, 0.05) is 30.2 Å². The fourth-order valence-electron chi connectivity index (χ4n) is 4.11. The number of likely N-dealkylation sites (tertiary alicyclic amines) is 1. The predicted octanol–water partition coefficient (Wildman–Crippen LogP) is 2.77. The van der Waals surface area contributed by atoms with Gasteiger partial charge in [-0.05, 0) is 60.2 Å². The van der Waals surface area contributed by atoms with E-state index >= 15 is 0 Å². The van der Waals surface area contributed by atoms with Crippen LogP contribution in [0.1, 0.15) is 29.9 Å². The van der Waals surface area contributed by atoms with Gasteiger partial charge in [0.25, 0.3) is 0 Å². The molecule has 158 valence electrons. The molecule has 1 aliphatic rings. The molecule has 8 heteroatoms. The summed E-state index contributed by atoms with van der Waals surface area (Å²) < 4.78 is 28.1. The molecule has 7 nitrogen and oxygen atoms in total. The quantitative estimate of drug-likeness (QED) is 0.653. The number of sulfonamides is 1. The molecule has 3 N–H and O–H groups in total. The van der Waals surface area contributed by atoms with Crippen LogP contribution in [0.2, 0.25) is 0 Å². The van der Waals surface area contributed by atoms with Crippen molar-refractivity contribution in [2.45, 2.75) is 30.1 Å². The zero-order valence-electron chi connectivity index (χ0n) is 16.8. The van der Waals surface area contributed by atoms with E-state index in [1.165, 1.54) is 23.1 Å². The summed E-state index contributed by atoms with van der Waals surface area (Å²) in [5.74, 6) is 1.28. The number of primary sulfonamides is 1. The molecule has 1 aromatic heterocycles. The highest BCUT2D eigenvalue weighted by Crippen LogP contribution is 2.34.